The normalized spacial score (nSPS) is 13.9. The van der Waals surface area contributed by atoms with E-state index in [4.69, 9.17) is 33.7 Å². The van der Waals surface area contributed by atoms with Gasteiger partial charge in [0.15, 0.2) is 0 Å². The Kier molecular flexibility index (Phi) is 4.01. The van der Waals surface area contributed by atoms with Crippen LogP contribution in [0.5, 0.6) is 11.5 Å². The minimum Gasteiger partial charge on any atom is -0.455 e. The Hall–Kier alpha value is -1.38. The van der Waals surface area contributed by atoms with Gasteiger partial charge in [-0.15, -0.1) is 0 Å². The molecule has 2 aromatic rings. The average Bonchev–Trinajstić information content (AvgIpc) is 2.48. The molecule has 0 spiro atoms. The van der Waals surface area contributed by atoms with Crippen LogP contribution in [0.1, 0.15) is 29.5 Å². The molecule has 0 saturated carbocycles. The van der Waals surface area contributed by atoms with Crippen molar-refractivity contribution >= 4 is 28.9 Å². The summed E-state index contributed by atoms with van der Waals surface area (Å²) in [6.45, 7) is 1.94. The van der Waals surface area contributed by atoms with E-state index in [0.29, 0.717) is 16.5 Å². The van der Waals surface area contributed by atoms with E-state index < -0.39 is 0 Å². The molecule has 2 aromatic carbocycles. The predicted octanol–water partition coefficient (Wildman–Crippen LogP) is 5.56. The van der Waals surface area contributed by atoms with Gasteiger partial charge in [-0.3, -0.25) is 0 Å². The largest absolute Gasteiger partial charge is 0.455 e. The molecule has 1 aliphatic rings. The second-order valence-electron chi connectivity index (χ2n) is 5.45. The first-order valence-electron chi connectivity index (χ1n) is 7.10. The number of benzene rings is 2. The first kappa shape index (κ1) is 14.6. The predicted molar refractivity (Wildman–Crippen MR) is 88.8 cm³/mol. The zero-order valence-corrected chi connectivity index (χ0v) is 13.4. The zero-order valence-electron chi connectivity index (χ0n) is 11.9. The molecule has 3 rings (SSSR count). The first-order chi connectivity index (χ1) is 10.1. The number of anilines is 1. The molecular weight excluding hydrogens is 305 g/mol. The van der Waals surface area contributed by atoms with Crippen LogP contribution in [0.15, 0.2) is 24.3 Å². The van der Waals surface area contributed by atoms with Gasteiger partial charge in [-0.1, -0.05) is 23.2 Å². The molecule has 0 bridgehead atoms. The maximum absolute atomic E-state index is 6.30. The van der Waals surface area contributed by atoms with Crippen LogP contribution < -0.4 is 10.5 Å². The van der Waals surface area contributed by atoms with Gasteiger partial charge in [-0.25, -0.2) is 0 Å². The van der Waals surface area contributed by atoms with E-state index in [1.54, 1.807) is 6.07 Å². The third kappa shape index (κ3) is 2.83. The van der Waals surface area contributed by atoms with Crippen LogP contribution >= 0.6 is 23.2 Å². The van der Waals surface area contributed by atoms with Crippen LogP contribution in [-0.4, -0.2) is 0 Å². The van der Waals surface area contributed by atoms with Crippen molar-refractivity contribution in [2.24, 2.45) is 0 Å². The van der Waals surface area contributed by atoms with Gasteiger partial charge in [0.2, 0.25) is 0 Å². The lowest BCUT2D eigenvalue weighted by molar-refractivity contribution is 0.470. The topological polar surface area (TPSA) is 35.2 Å². The third-order valence-corrected chi connectivity index (χ3v) is 4.62. The third-order valence-electron chi connectivity index (χ3n) is 3.98. The number of nitrogens with two attached hydrogens (primary N) is 1. The summed E-state index contributed by atoms with van der Waals surface area (Å²) < 4.78 is 6.05. The fraction of sp³-hybridized carbons (Fsp3) is 0.294. The van der Waals surface area contributed by atoms with Crippen LogP contribution in [0.2, 0.25) is 10.0 Å². The molecular formula is C17H17Cl2NO. The van der Waals surface area contributed by atoms with Crippen LogP contribution in [0.4, 0.5) is 5.69 Å². The summed E-state index contributed by atoms with van der Waals surface area (Å²) in [6, 6.07) is 7.43. The Balaban J connectivity index is 2.01. The van der Waals surface area contributed by atoms with Crippen molar-refractivity contribution in [3.8, 4) is 11.5 Å². The van der Waals surface area contributed by atoms with E-state index in [0.717, 1.165) is 35.6 Å². The van der Waals surface area contributed by atoms with Gasteiger partial charge in [0.25, 0.3) is 0 Å². The molecule has 0 radical (unpaired) electrons. The van der Waals surface area contributed by atoms with E-state index in [2.05, 4.69) is 0 Å². The molecule has 0 fully saturated rings. The van der Waals surface area contributed by atoms with Crippen LogP contribution in [0.25, 0.3) is 0 Å². The first-order valence-corrected chi connectivity index (χ1v) is 7.85. The van der Waals surface area contributed by atoms with Gasteiger partial charge in [-0.2, -0.15) is 0 Å². The Morgan fingerprint density at radius 1 is 0.952 bits per heavy atom. The van der Waals surface area contributed by atoms with Crippen LogP contribution in [0.3, 0.4) is 0 Å². The summed E-state index contributed by atoms with van der Waals surface area (Å²) in [6.07, 6.45) is 4.35. The summed E-state index contributed by atoms with van der Waals surface area (Å²) >= 11 is 12.5. The van der Waals surface area contributed by atoms with E-state index in [-0.39, 0.29) is 0 Å². The quantitative estimate of drug-likeness (QED) is 0.735. The Morgan fingerprint density at radius 2 is 1.67 bits per heavy atom. The smallest absolute Gasteiger partial charge is 0.146 e. The highest BCUT2D eigenvalue weighted by molar-refractivity contribution is 6.32. The van der Waals surface area contributed by atoms with Crippen molar-refractivity contribution in [3.05, 3.63) is 51.0 Å². The molecule has 0 atom stereocenters. The van der Waals surface area contributed by atoms with E-state index in [1.807, 2.05) is 25.1 Å². The van der Waals surface area contributed by atoms with Crippen molar-refractivity contribution in [2.45, 2.75) is 32.6 Å². The molecule has 4 heteroatoms. The summed E-state index contributed by atoms with van der Waals surface area (Å²) in [7, 11) is 0. The zero-order chi connectivity index (χ0) is 15.0. The number of fused-ring (bicyclic) bond motifs is 1. The molecule has 1 aliphatic carbocycles. The van der Waals surface area contributed by atoms with Crippen LogP contribution in [-0.2, 0) is 12.8 Å². The molecule has 0 saturated heterocycles. The second kappa shape index (κ2) is 5.78. The van der Waals surface area contributed by atoms with Crippen molar-refractivity contribution in [3.63, 3.8) is 0 Å². The number of aryl methyl sites for hydroxylation is 1. The van der Waals surface area contributed by atoms with Crippen molar-refractivity contribution in [1.82, 2.24) is 0 Å². The lowest BCUT2D eigenvalue weighted by atomic mass is 9.91. The number of rotatable bonds is 2. The Bertz CT molecular complexity index is 698. The molecule has 2 N–H and O–H groups in total. The number of nitrogen functional groups attached to an aromatic ring is 1. The summed E-state index contributed by atoms with van der Waals surface area (Å²) in [5.41, 5.74) is 9.90. The van der Waals surface area contributed by atoms with E-state index in [9.17, 15) is 0 Å². The molecule has 0 aliphatic heterocycles. The second-order valence-corrected chi connectivity index (χ2v) is 6.27. The van der Waals surface area contributed by atoms with E-state index >= 15 is 0 Å². The minimum atomic E-state index is 0.526. The van der Waals surface area contributed by atoms with Gasteiger partial charge in [0, 0.05) is 10.7 Å². The average molecular weight is 322 g/mol. The van der Waals surface area contributed by atoms with Gasteiger partial charge in [0.1, 0.15) is 11.5 Å². The molecule has 110 valence electrons. The maximum atomic E-state index is 6.30. The van der Waals surface area contributed by atoms with Gasteiger partial charge in [-0.05, 0) is 73.6 Å². The van der Waals surface area contributed by atoms with Crippen molar-refractivity contribution < 1.29 is 4.74 Å². The minimum absolute atomic E-state index is 0.526. The monoisotopic (exact) mass is 321 g/mol. The van der Waals surface area contributed by atoms with Gasteiger partial charge >= 0.3 is 0 Å². The highest BCUT2D eigenvalue weighted by atomic mass is 35.5. The fourth-order valence-electron chi connectivity index (χ4n) is 2.75. The number of hydrogen-bond donors (Lipinski definition) is 1. The molecule has 0 amide bonds. The molecule has 21 heavy (non-hydrogen) atoms. The molecule has 0 heterocycles. The summed E-state index contributed by atoms with van der Waals surface area (Å²) in [4.78, 5) is 0. The maximum Gasteiger partial charge on any atom is 0.146 e. The Labute approximate surface area is 134 Å². The highest BCUT2D eigenvalue weighted by Gasteiger charge is 2.18. The number of ether oxygens (including phenoxy) is 1. The fourth-order valence-corrected chi connectivity index (χ4v) is 3.24. The molecule has 0 unspecified atom stereocenters. The summed E-state index contributed by atoms with van der Waals surface area (Å²) in [5.74, 6) is 1.48. The highest BCUT2D eigenvalue weighted by Crippen LogP contribution is 2.39. The van der Waals surface area contributed by atoms with Crippen molar-refractivity contribution in [1.29, 1.82) is 0 Å². The number of hydrogen-bond acceptors (Lipinski definition) is 2. The SMILES string of the molecule is Cc1cc(Oc2ccc(Cl)c3c2CCCC3)c(Cl)cc1N. The molecule has 2 nitrogen and oxygen atoms in total. The number of halogens is 2. The Morgan fingerprint density at radius 3 is 2.43 bits per heavy atom. The molecule has 0 aromatic heterocycles. The van der Waals surface area contributed by atoms with Gasteiger partial charge in [0.05, 0.1) is 5.02 Å². The van der Waals surface area contributed by atoms with Crippen molar-refractivity contribution in [2.75, 3.05) is 5.73 Å². The lowest BCUT2D eigenvalue weighted by Gasteiger charge is -2.21. The lowest BCUT2D eigenvalue weighted by Crippen LogP contribution is -2.05. The van der Waals surface area contributed by atoms with Crippen LogP contribution in [0, 0.1) is 6.92 Å². The summed E-state index contributed by atoms with van der Waals surface area (Å²) in [5, 5.41) is 1.36. The standard InChI is InChI=1S/C17H17Cl2NO/c1-10-8-17(14(19)9-15(10)20)21-16-7-6-13(18)11-4-2-3-5-12(11)16/h6-9H,2-5,20H2,1H3. The van der Waals surface area contributed by atoms with E-state index in [1.165, 1.54) is 17.5 Å². The van der Waals surface area contributed by atoms with Gasteiger partial charge < -0.3 is 10.5 Å².